The van der Waals surface area contributed by atoms with Gasteiger partial charge in [0.1, 0.15) is 0 Å². The molecule has 0 atom stereocenters. The topological polar surface area (TPSA) is 96.6 Å². The highest BCUT2D eigenvalue weighted by Gasteiger charge is 2.10. The molecular weight excluding hydrogens is 391 g/mol. The first kappa shape index (κ1) is 19.1. The molecule has 4 N–H and O–H groups in total. The van der Waals surface area contributed by atoms with Crippen molar-refractivity contribution in [1.82, 2.24) is 10.0 Å². The summed E-state index contributed by atoms with van der Waals surface area (Å²) >= 11 is 0. The summed E-state index contributed by atoms with van der Waals surface area (Å²) < 4.78 is 25.3. The third-order valence-electron chi connectivity index (χ3n) is 2.37. The van der Waals surface area contributed by atoms with Crippen molar-refractivity contribution < 1.29 is 8.42 Å². The molecule has 8 heteroatoms. The van der Waals surface area contributed by atoms with E-state index in [2.05, 4.69) is 15.0 Å². The summed E-state index contributed by atoms with van der Waals surface area (Å²) in [5.74, 6) is 0.377. The molecule has 0 spiro atoms. The van der Waals surface area contributed by atoms with E-state index in [9.17, 15) is 8.42 Å². The molecule has 0 amide bonds. The van der Waals surface area contributed by atoms with Gasteiger partial charge in [0.15, 0.2) is 5.96 Å². The summed E-state index contributed by atoms with van der Waals surface area (Å²) in [6, 6.07) is 6.75. The molecule has 0 aliphatic carbocycles. The molecule has 0 radical (unpaired) electrons. The summed E-state index contributed by atoms with van der Waals surface area (Å²) in [5.41, 5.74) is 6.57. The zero-order valence-electron chi connectivity index (χ0n) is 11.8. The van der Waals surface area contributed by atoms with Crippen molar-refractivity contribution in [2.24, 2.45) is 10.7 Å². The summed E-state index contributed by atoms with van der Waals surface area (Å²) in [6.45, 7) is 4.35. The number of halogens is 1. The number of benzene rings is 1. The molecule has 0 fully saturated rings. The second-order valence-electron chi connectivity index (χ2n) is 4.35. The van der Waals surface area contributed by atoms with E-state index in [1.54, 1.807) is 24.3 Å². The first-order valence-corrected chi connectivity index (χ1v) is 7.42. The third kappa shape index (κ3) is 6.06. The van der Waals surface area contributed by atoms with Crippen molar-refractivity contribution in [3.05, 3.63) is 29.8 Å². The molecule has 20 heavy (non-hydrogen) atoms. The number of aliphatic imine (C=N–C) groups is 1. The monoisotopic (exact) mass is 412 g/mol. The van der Waals surface area contributed by atoms with Crippen LogP contribution in [0.4, 0.5) is 0 Å². The smallest absolute Gasteiger partial charge is 0.240 e. The molecule has 0 heterocycles. The fraction of sp³-hybridized carbons (Fsp3) is 0.417. The maximum absolute atomic E-state index is 11.5. The molecule has 0 aromatic heterocycles. The summed E-state index contributed by atoms with van der Waals surface area (Å²) in [5, 5.41) is 2.98. The zero-order valence-corrected chi connectivity index (χ0v) is 14.9. The molecule has 0 bridgehead atoms. The highest BCUT2D eigenvalue weighted by atomic mass is 127. The third-order valence-corrected chi connectivity index (χ3v) is 3.80. The van der Waals surface area contributed by atoms with Crippen molar-refractivity contribution in [1.29, 1.82) is 0 Å². The number of nitrogens with zero attached hydrogens (tertiary/aromatic N) is 1. The van der Waals surface area contributed by atoms with Crippen LogP contribution in [0.2, 0.25) is 0 Å². The largest absolute Gasteiger partial charge is 0.370 e. The van der Waals surface area contributed by atoms with Crippen molar-refractivity contribution in [2.45, 2.75) is 31.3 Å². The second kappa shape index (κ2) is 8.42. The number of guanidine groups is 1. The molecule has 0 aliphatic heterocycles. The van der Waals surface area contributed by atoms with E-state index in [0.717, 1.165) is 5.56 Å². The lowest BCUT2D eigenvalue weighted by Gasteiger charge is -2.08. The van der Waals surface area contributed by atoms with Gasteiger partial charge in [-0.1, -0.05) is 12.1 Å². The summed E-state index contributed by atoms with van der Waals surface area (Å²) in [4.78, 5) is 4.40. The van der Waals surface area contributed by atoms with Gasteiger partial charge < -0.3 is 11.1 Å². The van der Waals surface area contributed by atoms with Gasteiger partial charge in [-0.05, 0) is 38.6 Å². The van der Waals surface area contributed by atoms with Crippen LogP contribution in [0.3, 0.4) is 0 Å². The van der Waals surface area contributed by atoms with Crippen molar-refractivity contribution in [3.8, 4) is 0 Å². The van der Waals surface area contributed by atoms with E-state index in [0.29, 0.717) is 12.5 Å². The SMILES string of the molecule is CNS(=O)(=O)c1ccc(CN=C(N)NC(C)C)cc1.I. The Morgan fingerprint density at radius 2 is 1.85 bits per heavy atom. The maximum Gasteiger partial charge on any atom is 0.240 e. The van der Waals surface area contributed by atoms with E-state index < -0.39 is 10.0 Å². The van der Waals surface area contributed by atoms with Gasteiger partial charge in [0, 0.05) is 6.04 Å². The summed E-state index contributed by atoms with van der Waals surface area (Å²) in [6.07, 6.45) is 0. The fourth-order valence-corrected chi connectivity index (χ4v) is 2.14. The van der Waals surface area contributed by atoms with E-state index in [1.807, 2.05) is 13.8 Å². The van der Waals surface area contributed by atoms with E-state index in [4.69, 9.17) is 5.73 Å². The molecular formula is C12H21IN4O2S. The Hall–Kier alpha value is -0.870. The number of hydrogen-bond donors (Lipinski definition) is 3. The van der Waals surface area contributed by atoms with Crippen LogP contribution in [0, 0.1) is 0 Å². The molecule has 1 aromatic rings. The minimum absolute atomic E-state index is 0. The van der Waals surface area contributed by atoms with Crippen molar-refractivity contribution >= 4 is 40.0 Å². The van der Waals surface area contributed by atoms with E-state index in [1.165, 1.54) is 7.05 Å². The quantitative estimate of drug-likeness (QED) is 0.382. The Bertz CT molecular complexity index is 541. The Morgan fingerprint density at radius 3 is 2.30 bits per heavy atom. The highest BCUT2D eigenvalue weighted by Crippen LogP contribution is 2.10. The maximum atomic E-state index is 11.5. The average Bonchev–Trinajstić information content (AvgIpc) is 2.36. The van der Waals surface area contributed by atoms with Crippen LogP contribution in [0.25, 0.3) is 0 Å². The predicted octanol–water partition coefficient (Wildman–Crippen LogP) is 1.03. The Balaban J connectivity index is 0.00000361. The van der Waals surface area contributed by atoms with Crippen molar-refractivity contribution in [3.63, 3.8) is 0 Å². The van der Waals surface area contributed by atoms with Gasteiger partial charge in [0.05, 0.1) is 11.4 Å². The molecule has 1 aromatic carbocycles. The van der Waals surface area contributed by atoms with Gasteiger partial charge in [-0.25, -0.2) is 18.1 Å². The molecule has 114 valence electrons. The Labute approximate surface area is 137 Å². The highest BCUT2D eigenvalue weighted by molar-refractivity contribution is 14.0. The normalized spacial score (nSPS) is 12.1. The second-order valence-corrected chi connectivity index (χ2v) is 6.24. The average molecular weight is 412 g/mol. The summed E-state index contributed by atoms with van der Waals surface area (Å²) in [7, 11) is -2.00. The van der Waals surface area contributed by atoms with E-state index >= 15 is 0 Å². The van der Waals surface area contributed by atoms with Gasteiger partial charge in [0.25, 0.3) is 0 Å². The van der Waals surface area contributed by atoms with Gasteiger partial charge in [-0.15, -0.1) is 24.0 Å². The number of sulfonamides is 1. The number of nitrogens with one attached hydrogen (secondary N) is 2. The van der Waals surface area contributed by atoms with Crippen LogP contribution in [-0.4, -0.2) is 27.5 Å². The Morgan fingerprint density at radius 1 is 1.30 bits per heavy atom. The molecule has 1 rings (SSSR count). The van der Waals surface area contributed by atoms with Crippen LogP contribution in [0.1, 0.15) is 19.4 Å². The lowest BCUT2D eigenvalue weighted by atomic mass is 10.2. The van der Waals surface area contributed by atoms with Crippen LogP contribution in [0.15, 0.2) is 34.2 Å². The number of hydrogen-bond acceptors (Lipinski definition) is 3. The standard InChI is InChI=1S/C12H20N4O2S.HI/c1-9(2)16-12(13)15-8-10-4-6-11(7-5-10)19(17,18)14-3;/h4-7,9,14H,8H2,1-3H3,(H3,13,15,16);1H. The number of nitrogens with two attached hydrogens (primary N) is 1. The molecule has 0 saturated carbocycles. The first-order chi connectivity index (χ1) is 8.85. The van der Waals surface area contributed by atoms with Crippen LogP contribution >= 0.6 is 24.0 Å². The van der Waals surface area contributed by atoms with Gasteiger partial charge >= 0.3 is 0 Å². The van der Waals surface area contributed by atoms with Gasteiger partial charge in [-0.2, -0.15) is 0 Å². The molecule has 0 saturated heterocycles. The lowest BCUT2D eigenvalue weighted by molar-refractivity contribution is 0.588. The predicted molar refractivity (Wildman–Crippen MR) is 91.7 cm³/mol. The first-order valence-electron chi connectivity index (χ1n) is 5.94. The van der Waals surface area contributed by atoms with Gasteiger partial charge in [0.2, 0.25) is 10.0 Å². The van der Waals surface area contributed by atoms with Gasteiger partial charge in [-0.3, -0.25) is 0 Å². The van der Waals surface area contributed by atoms with Crippen LogP contribution < -0.4 is 15.8 Å². The van der Waals surface area contributed by atoms with E-state index in [-0.39, 0.29) is 34.9 Å². The lowest BCUT2D eigenvalue weighted by Crippen LogP contribution is -2.36. The van der Waals surface area contributed by atoms with Crippen LogP contribution in [0.5, 0.6) is 0 Å². The zero-order chi connectivity index (χ0) is 14.5. The minimum Gasteiger partial charge on any atom is -0.370 e. The minimum atomic E-state index is -3.38. The van der Waals surface area contributed by atoms with Crippen LogP contribution in [-0.2, 0) is 16.6 Å². The number of rotatable bonds is 5. The van der Waals surface area contributed by atoms with Crippen molar-refractivity contribution in [2.75, 3.05) is 7.05 Å². The fourth-order valence-electron chi connectivity index (χ4n) is 1.41. The molecule has 6 nitrogen and oxygen atoms in total. The molecule has 0 unspecified atom stereocenters. The Kier molecular flexibility index (Phi) is 8.06. The molecule has 0 aliphatic rings.